The molecule has 0 aliphatic rings. The molecule has 0 saturated carbocycles. The van der Waals surface area contributed by atoms with Crippen LogP contribution in [0.5, 0.6) is 0 Å². The Morgan fingerprint density at radius 1 is 0.526 bits per heavy atom. The Labute approximate surface area is 352 Å². The van der Waals surface area contributed by atoms with Crippen LogP contribution in [-0.2, 0) is 27.9 Å². The molecule has 9 heteroatoms. The Morgan fingerprint density at radius 3 is 1.42 bits per heavy atom. The zero-order valence-corrected chi connectivity index (χ0v) is 38.2. The van der Waals surface area contributed by atoms with Gasteiger partial charge in [-0.2, -0.15) is 0 Å². The second kappa shape index (κ2) is 45.8. The highest BCUT2D eigenvalue weighted by Gasteiger charge is 2.25. The van der Waals surface area contributed by atoms with Crippen molar-refractivity contribution in [1.29, 1.82) is 0 Å². The van der Waals surface area contributed by atoms with Crippen molar-refractivity contribution in [3.63, 3.8) is 0 Å². The number of allylic oxidation sites excluding steroid dienone is 6. The maximum absolute atomic E-state index is 12.6. The predicted octanol–water partition coefficient (Wildman–Crippen LogP) is 14.6. The predicted molar refractivity (Wildman–Crippen MR) is 243 cm³/mol. The van der Waals surface area contributed by atoms with E-state index >= 15 is 0 Å². The molecule has 0 rings (SSSR count). The van der Waals surface area contributed by atoms with Crippen molar-refractivity contribution < 1.29 is 32.8 Å². The highest BCUT2D eigenvalue weighted by atomic mass is 31.2. The zero-order chi connectivity index (χ0) is 41.6. The molecule has 0 saturated heterocycles. The summed E-state index contributed by atoms with van der Waals surface area (Å²) in [5.41, 5.74) is 5.38. The SMILES string of the molecule is CCCCC/C=C\C/C=C\CCCCCCCCCCCCOCC(COP(=O)(O)OCCN)OC(=O)CCCCCCCCC/C=C\CCCCCCCCC. The smallest absolute Gasteiger partial charge is 0.457 e. The van der Waals surface area contributed by atoms with E-state index in [1.165, 1.54) is 167 Å². The molecule has 0 aliphatic heterocycles. The third kappa shape index (κ3) is 45.7. The van der Waals surface area contributed by atoms with Crippen LogP contribution in [0.3, 0.4) is 0 Å². The molecule has 0 radical (unpaired) electrons. The fourth-order valence-electron chi connectivity index (χ4n) is 6.73. The van der Waals surface area contributed by atoms with Gasteiger partial charge < -0.3 is 20.1 Å². The third-order valence-electron chi connectivity index (χ3n) is 10.3. The molecule has 0 aromatic rings. The minimum atomic E-state index is -4.28. The van der Waals surface area contributed by atoms with Gasteiger partial charge in [0.1, 0.15) is 6.10 Å². The Kier molecular flexibility index (Phi) is 44.8. The van der Waals surface area contributed by atoms with Crippen molar-refractivity contribution in [2.24, 2.45) is 5.73 Å². The molecule has 0 aliphatic carbocycles. The molecule has 336 valence electrons. The quantitative estimate of drug-likeness (QED) is 0.0270. The van der Waals surface area contributed by atoms with E-state index in [9.17, 15) is 14.3 Å². The molecule has 2 atom stereocenters. The second-order valence-electron chi connectivity index (χ2n) is 16.0. The maximum Gasteiger partial charge on any atom is 0.472 e. The highest BCUT2D eigenvalue weighted by molar-refractivity contribution is 7.47. The first kappa shape index (κ1) is 55.7. The Morgan fingerprint density at radius 2 is 0.930 bits per heavy atom. The molecule has 2 unspecified atom stereocenters. The molecular weight excluding hydrogens is 734 g/mol. The van der Waals surface area contributed by atoms with E-state index in [4.69, 9.17) is 24.3 Å². The van der Waals surface area contributed by atoms with Crippen molar-refractivity contribution in [2.45, 2.75) is 232 Å². The van der Waals surface area contributed by atoms with E-state index in [0.717, 1.165) is 38.5 Å². The number of phosphoric ester groups is 1. The summed E-state index contributed by atoms with van der Waals surface area (Å²) >= 11 is 0. The van der Waals surface area contributed by atoms with Gasteiger partial charge in [0.2, 0.25) is 0 Å². The first-order valence-corrected chi connectivity index (χ1v) is 25.5. The van der Waals surface area contributed by atoms with Gasteiger partial charge >= 0.3 is 13.8 Å². The number of carbonyl (C=O) groups is 1. The number of nitrogens with two attached hydrogens (primary N) is 1. The summed E-state index contributed by atoms with van der Waals surface area (Å²) in [6.45, 7) is 4.91. The lowest BCUT2D eigenvalue weighted by molar-refractivity contribution is -0.154. The number of hydrogen-bond acceptors (Lipinski definition) is 7. The van der Waals surface area contributed by atoms with Crippen LogP contribution in [-0.4, -0.2) is 49.9 Å². The number of unbranched alkanes of at least 4 members (excludes halogenated alkanes) is 27. The van der Waals surface area contributed by atoms with Crippen LogP contribution >= 0.6 is 7.82 Å². The molecule has 0 spiro atoms. The van der Waals surface area contributed by atoms with Crippen molar-refractivity contribution in [3.05, 3.63) is 36.5 Å². The summed E-state index contributed by atoms with van der Waals surface area (Å²) in [5.74, 6) is -0.334. The van der Waals surface area contributed by atoms with Crippen LogP contribution < -0.4 is 5.73 Å². The summed E-state index contributed by atoms with van der Waals surface area (Å²) in [6.07, 6.45) is 53.1. The molecule has 3 N–H and O–H groups in total. The van der Waals surface area contributed by atoms with E-state index < -0.39 is 13.9 Å². The van der Waals surface area contributed by atoms with Crippen LogP contribution in [0.15, 0.2) is 36.5 Å². The van der Waals surface area contributed by atoms with Crippen molar-refractivity contribution in [2.75, 3.05) is 33.0 Å². The van der Waals surface area contributed by atoms with Crippen molar-refractivity contribution >= 4 is 13.8 Å². The van der Waals surface area contributed by atoms with Gasteiger partial charge in [0.25, 0.3) is 0 Å². The number of carbonyl (C=O) groups excluding carboxylic acids is 1. The van der Waals surface area contributed by atoms with Crippen molar-refractivity contribution in [3.8, 4) is 0 Å². The second-order valence-corrected chi connectivity index (χ2v) is 17.4. The fraction of sp³-hybridized carbons (Fsp3) is 0.854. The first-order chi connectivity index (χ1) is 27.9. The minimum absolute atomic E-state index is 0.0965. The number of rotatable bonds is 46. The lowest BCUT2D eigenvalue weighted by Crippen LogP contribution is -2.28. The number of esters is 1. The van der Waals surface area contributed by atoms with Crippen LogP contribution in [0.4, 0.5) is 0 Å². The fourth-order valence-corrected chi connectivity index (χ4v) is 7.49. The minimum Gasteiger partial charge on any atom is -0.457 e. The lowest BCUT2D eigenvalue weighted by Gasteiger charge is -2.20. The number of hydrogen-bond donors (Lipinski definition) is 2. The average molecular weight is 826 g/mol. The van der Waals surface area contributed by atoms with E-state index in [1.807, 2.05) is 0 Å². The zero-order valence-electron chi connectivity index (χ0n) is 37.3. The molecule has 0 fully saturated rings. The van der Waals surface area contributed by atoms with Crippen molar-refractivity contribution in [1.82, 2.24) is 0 Å². The van der Waals surface area contributed by atoms with Gasteiger partial charge in [-0.25, -0.2) is 4.57 Å². The van der Waals surface area contributed by atoms with Gasteiger partial charge in [0.15, 0.2) is 0 Å². The summed E-state index contributed by atoms with van der Waals surface area (Å²) in [6, 6.07) is 0. The van der Waals surface area contributed by atoms with E-state index in [0.29, 0.717) is 13.0 Å². The Balaban J connectivity index is 3.98. The Bertz CT molecular complexity index is 972. The van der Waals surface area contributed by atoms with Crippen LogP contribution in [0.2, 0.25) is 0 Å². The number of ether oxygens (including phenoxy) is 2. The van der Waals surface area contributed by atoms with Crippen LogP contribution in [0.1, 0.15) is 226 Å². The topological polar surface area (TPSA) is 117 Å². The summed E-state index contributed by atoms with van der Waals surface area (Å²) in [5, 5.41) is 0. The molecule has 57 heavy (non-hydrogen) atoms. The van der Waals surface area contributed by atoms with Crippen LogP contribution in [0.25, 0.3) is 0 Å². The summed E-state index contributed by atoms with van der Waals surface area (Å²) < 4.78 is 33.5. The van der Waals surface area contributed by atoms with Gasteiger partial charge in [0.05, 0.1) is 19.8 Å². The average Bonchev–Trinajstić information content (AvgIpc) is 3.20. The monoisotopic (exact) mass is 826 g/mol. The lowest BCUT2D eigenvalue weighted by atomic mass is 10.1. The highest BCUT2D eigenvalue weighted by Crippen LogP contribution is 2.43. The Hall–Kier alpha value is -1.28. The molecular formula is C48H92NO7P. The first-order valence-electron chi connectivity index (χ1n) is 24.0. The van der Waals surface area contributed by atoms with Crippen LogP contribution in [0, 0.1) is 0 Å². The molecule has 8 nitrogen and oxygen atoms in total. The van der Waals surface area contributed by atoms with E-state index in [1.54, 1.807) is 0 Å². The summed E-state index contributed by atoms with van der Waals surface area (Å²) in [4.78, 5) is 22.5. The summed E-state index contributed by atoms with van der Waals surface area (Å²) in [7, 11) is -4.28. The molecule has 0 heterocycles. The molecule has 0 aromatic carbocycles. The molecule has 0 amide bonds. The van der Waals surface area contributed by atoms with E-state index in [-0.39, 0.29) is 32.3 Å². The van der Waals surface area contributed by atoms with Gasteiger partial charge in [-0.15, -0.1) is 0 Å². The molecule has 0 aromatic heterocycles. The van der Waals surface area contributed by atoms with Gasteiger partial charge in [-0.1, -0.05) is 185 Å². The third-order valence-corrected chi connectivity index (χ3v) is 11.3. The maximum atomic E-state index is 12.6. The van der Waals surface area contributed by atoms with Gasteiger partial charge in [0, 0.05) is 19.6 Å². The van der Waals surface area contributed by atoms with Gasteiger partial charge in [-0.3, -0.25) is 13.8 Å². The normalized spacial score (nSPS) is 13.7. The van der Waals surface area contributed by atoms with E-state index in [2.05, 4.69) is 50.3 Å². The largest absolute Gasteiger partial charge is 0.472 e. The number of phosphoric acid groups is 1. The van der Waals surface area contributed by atoms with Gasteiger partial charge in [-0.05, 0) is 70.6 Å². The molecule has 0 bridgehead atoms. The standard InChI is InChI=1S/C48H92NO7P/c1-3-5-7-9-11-13-15-17-19-21-23-24-26-28-30-32-34-36-38-40-43-53-45-47(46-55-57(51,52)54-44-42-49)56-48(50)41-39-37-35-33-31-29-27-25-22-20-18-16-14-12-10-8-6-4-2/h11,13,17,19-20,22,47H,3-10,12,14-16,18,21,23-46,49H2,1-2H3,(H,51,52)/b13-11-,19-17-,22-20-.